The van der Waals surface area contributed by atoms with Crippen LogP contribution in [0.5, 0.6) is 0 Å². The molecule has 5 heteroatoms. The summed E-state index contributed by atoms with van der Waals surface area (Å²) in [4.78, 5) is 23.9. The second-order valence-corrected chi connectivity index (χ2v) is 3.06. The SMILES string of the molecule is C=C(OC)/C(=C\C)N1CCC(=O)NC1=O. The largest absolute Gasteiger partial charge is 0.495 e. The molecule has 15 heavy (non-hydrogen) atoms. The number of nitrogens with one attached hydrogen (secondary N) is 1. The zero-order valence-electron chi connectivity index (χ0n) is 8.87. The standard InChI is InChI=1S/C10H14N2O3/c1-4-8(7(2)15-3)12-6-5-9(13)11-10(12)14/h4H,2,5-6H2,1,3H3,(H,11,13,14)/b8-4+. The Hall–Kier alpha value is -1.78. The van der Waals surface area contributed by atoms with Crippen molar-refractivity contribution in [1.29, 1.82) is 0 Å². The van der Waals surface area contributed by atoms with Crippen molar-refractivity contribution in [3.8, 4) is 0 Å². The predicted octanol–water partition coefficient (Wildman–Crippen LogP) is 0.992. The fraction of sp³-hybridized carbons (Fsp3) is 0.400. The molecule has 1 heterocycles. The summed E-state index contributed by atoms with van der Waals surface area (Å²) in [6, 6.07) is -0.433. The average molecular weight is 210 g/mol. The van der Waals surface area contributed by atoms with E-state index in [4.69, 9.17) is 4.74 Å². The number of allylic oxidation sites excluding steroid dienone is 1. The van der Waals surface area contributed by atoms with Crippen molar-refractivity contribution in [2.45, 2.75) is 13.3 Å². The normalized spacial score (nSPS) is 17.5. The van der Waals surface area contributed by atoms with Crippen LogP contribution in [0.2, 0.25) is 0 Å². The highest BCUT2D eigenvalue weighted by Gasteiger charge is 2.26. The van der Waals surface area contributed by atoms with Gasteiger partial charge in [-0.2, -0.15) is 0 Å². The Bertz CT molecular complexity index is 334. The Morgan fingerprint density at radius 3 is 2.73 bits per heavy atom. The second kappa shape index (κ2) is 4.63. The number of nitrogens with zero attached hydrogens (tertiary/aromatic N) is 1. The summed E-state index contributed by atoms with van der Waals surface area (Å²) in [6.07, 6.45) is 2.02. The molecule has 1 rings (SSSR count). The fourth-order valence-corrected chi connectivity index (χ4v) is 1.37. The molecule has 0 unspecified atom stereocenters. The first-order valence-corrected chi connectivity index (χ1v) is 4.61. The van der Waals surface area contributed by atoms with E-state index in [1.807, 2.05) is 0 Å². The lowest BCUT2D eigenvalue weighted by molar-refractivity contribution is -0.121. The molecule has 1 N–H and O–H groups in total. The molecule has 0 radical (unpaired) electrons. The van der Waals surface area contributed by atoms with Crippen molar-refractivity contribution in [3.63, 3.8) is 0 Å². The number of imide groups is 1. The van der Waals surface area contributed by atoms with Crippen LogP contribution in [0.1, 0.15) is 13.3 Å². The zero-order chi connectivity index (χ0) is 11.4. The third-order valence-electron chi connectivity index (χ3n) is 2.15. The van der Waals surface area contributed by atoms with Gasteiger partial charge in [0.2, 0.25) is 5.91 Å². The quantitative estimate of drug-likeness (QED) is 0.558. The van der Waals surface area contributed by atoms with E-state index in [0.29, 0.717) is 24.4 Å². The van der Waals surface area contributed by atoms with Crippen molar-refractivity contribution in [3.05, 3.63) is 24.1 Å². The van der Waals surface area contributed by atoms with Crippen LogP contribution < -0.4 is 5.32 Å². The number of rotatable bonds is 3. The topological polar surface area (TPSA) is 58.6 Å². The molecule has 0 bridgehead atoms. The molecular formula is C10H14N2O3. The number of carbonyl (C=O) groups excluding carboxylic acids is 2. The average Bonchev–Trinajstić information content (AvgIpc) is 2.21. The van der Waals surface area contributed by atoms with Gasteiger partial charge in [0.15, 0.2) is 0 Å². The number of carbonyl (C=O) groups is 2. The van der Waals surface area contributed by atoms with Gasteiger partial charge in [-0.3, -0.25) is 15.0 Å². The van der Waals surface area contributed by atoms with Crippen LogP contribution in [-0.4, -0.2) is 30.5 Å². The number of urea groups is 1. The second-order valence-electron chi connectivity index (χ2n) is 3.06. The van der Waals surface area contributed by atoms with E-state index in [1.165, 1.54) is 12.0 Å². The smallest absolute Gasteiger partial charge is 0.328 e. The third-order valence-corrected chi connectivity index (χ3v) is 2.15. The van der Waals surface area contributed by atoms with Crippen LogP contribution in [0.15, 0.2) is 24.1 Å². The van der Waals surface area contributed by atoms with Crippen LogP contribution in [0.4, 0.5) is 4.79 Å². The Balaban J connectivity index is 2.82. The van der Waals surface area contributed by atoms with Gasteiger partial charge >= 0.3 is 6.03 Å². The molecule has 1 aliphatic heterocycles. The van der Waals surface area contributed by atoms with Crippen molar-refractivity contribution in [2.75, 3.05) is 13.7 Å². The highest BCUT2D eigenvalue weighted by Crippen LogP contribution is 2.17. The van der Waals surface area contributed by atoms with Gasteiger partial charge in [-0.1, -0.05) is 12.7 Å². The molecule has 0 spiro atoms. The summed E-state index contributed by atoms with van der Waals surface area (Å²) < 4.78 is 4.96. The van der Waals surface area contributed by atoms with Gasteiger partial charge in [0.1, 0.15) is 5.76 Å². The molecule has 0 aliphatic carbocycles. The maximum atomic E-state index is 11.5. The minimum absolute atomic E-state index is 0.255. The van der Waals surface area contributed by atoms with E-state index >= 15 is 0 Å². The molecule has 0 saturated carbocycles. The molecule has 3 amide bonds. The summed E-state index contributed by atoms with van der Waals surface area (Å²) in [7, 11) is 1.48. The summed E-state index contributed by atoms with van der Waals surface area (Å²) >= 11 is 0. The first kappa shape index (κ1) is 11.3. The molecule has 1 fully saturated rings. The molecule has 0 aromatic carbocycles. The lowest BCUT2D eigenvalue weighted by Gasteiger charge is -2.28. The van der Waals surface area contributed by atoms with Crippen LogP contribution in [-0.2, 0) is 9.53 Å². The Morgan fingerprint density at radius 2 is 2.27 bits per heavy atom. The maximum Gasteiger partial charge on any atom is 0.328 e. The minimum atomic E-state index is -0.433. The van der Waals surface area contributed by atoms with E-state index in [1.54, 1.807) is 13.0 Å². The van der Waals surface area contributed by atoms with Gasteiger partial charge in [0.05, 0.1) is 12.8 Å². The molecule has 1 aliphatic rings. The third kappa shape index (κ3) is 2.37. The van der Waals surface area contributed by atoms with Gasteiger partial charge in [-0.15, -0.1) is 0 Å². The highest BCUT2D eigenvalue weighted by atomic mass is 16.5. The van der Waals surface area contributed by atoms with Crippen molar-refractivity contribution in [2.24, 2.45) is 0 Å². The monoisotopic (exact) mass is 210 g/mol. The Labute approximate surface area is 88.4 Å². The highest BCUT2D eigenvalue weighted by molar-refractivity contribution is 5.97. The number of amides is 3. The molecule has 0 aromatic rings. The van der Waals surface area contributed by atoms with Gasteiger partial charge in [-0.05, 0) is 6.92 Å². The van der Waals surface area contributed by atoms with E-state index in [9.17, 15) is 9.59 Å². The maximum absolute atomic E-state index is 11.5. The van der Waals surface area contributed by atoms with Crippen molar-refractivity contribution in [1.82, 2.24) is 10.2 Å². The number of hydrogen-bond donors (Lipinski definition) is 1. The summed E-state index contributed by atoms with van der Waals surface area (Å²) in [5.74, 6) is 0.150. The van der Waals surface area contributed by atoms with Crippen LogP contribution in [0.3, 0.4) is 0 Å². The van der Waals surface area contributed by atoms with Crippen molar-refractivity contribution < 1.29 is 14.3 Å². The Kier molecular flexibility index (Phi) is 3.49. The summed E-state index contributed by atoms with van der Waals surface area (Å²) in [5, 5.41) is 2.23. The van der Waals surface area contributed by atoms with E-state index in [0.717, 1.165) is 0 Å². The Morgan fingerprint density at radius 1 is 1.60 bits per heavy atom. The van der Waals surface area contributed by atoms with Crippen LogP contribution in [0.25, 0.3) is 0 Å². The van der Waals surface area contributed by atoms with E-state index < -0.39 is 6.03 Å². The van der Waals surface area contributed by atoms with Gasteiger partial charge in [-0.25, -0.2) is 4.79 Å². The van der Waals surface area contributed by atoms with Gasteiger partial charge in [0, 0.05) is 13.0 Å². The molecule has 5 nitrogen and oxygen atoms in total. The fourth-order valence-electron chi connectivity index (χ4n) is 1.37. The summed E-state index contributed by atoms with van der Waals surface area (Å²) in [6.45, 7) is 5.81. The van der Waals surface area contributed by atoms with Gasteiger partial charge in [0.25, 0.3) is 0 Å². The van der Waals surface area contributed by atoms with Crippen molar-refractivity contribution >= 4 is 11.9 Å². The number of ether oxygens (including phenoxy) is 1. The molecule has 0 aromatic heterocycles. The minimum Gasteiger partial charge on any atom is -0.495 e. The van der Waals surface area contributed by atoms with Crippen LogP contribution in [0, 0.1) is 0 Å². The molecule has 1 saturated heterocycles. The molecule has 82 valence electrons. The number of hydrogen-bond acceptors (Lipinski definition) is 3. The summed E-state index contributed by atoms with van der Waals surface area (Å²) in [5.41, 5.74) is 0.586. The van der Waals surface area contributed by atoms with E-state index in [-0.39, 0.29) is 5.91 Å². The molecular weight excluding hydrogens is 196 g/mol. The van der Waals surface area contributed by atoms with E-state index in [2.05, 4.69) is 11.9 Å². The molecule has 0 atom stereocenters. The van der Waals surface area contributed by atoms with Crippen LogP contribution >= 0.6 is 0 Å². The number of methoxy groups -OCH3 is 1. The lowest BCUT2D eigenvalue weighted by atomic mass is 10.2. The predicted molar refractivity (Wildman–Crippen MR) is 54.8 cm³/mol. The first-order chi connectivity index (χ1) is 7.10. The zero-order valence-corrected chi connectivity index (χ0v) is 8.87. The van der Waals surface area contributed by atoms with Gasteiger partial charge < -0.3 is 4.74 Å². The lowest BCUT2D eigenvalue weighted by Crippen LogP contribution is -2.49. The first-order valence-electron chi connectivity index (χ1n) is 4.61.